The van der Waals surface area contributed by atoms with Crippen molar-refractivity contribution in [3.8, 4) is 0 Å². The Kier molecular flexibility index (Phi) is 5.35. The molecule has 0 aliphatic heterocycles. The highest BCUT2D eigenvalue weighted by Gasteiger charge is 2.36. The van der Waals surface area contributed by atoms with Crippen LogP contribution in [-0.4, -0.2) is 28.1 Å². The first-order chi connectivity index (χ1) is 6.38. The molecule has 0 aromatic carbocycles. The number of rotatable bonds is 6. The average molecular weight is 218 g/mol. The first-order valence-electron chi connectivity index (χ1n) is 4.58. The number of aliphatic hydroxyl groups excluding tert-OH is 2. The maximum absolute atomic E-state index is 12.2. The lowest BCUT2D eigenvalue weighted by atomic mass is 10.3. The van der Waals surface area contributed by atoms with Crippen LogP contribution in [-0.2, 0) is 4.57 Å². The van der Waals surface area contributed by atoms with E-state index in [1.165, 1.54) is 12.2 Å². The fourth-order valence-corrected chi connectivity index (χ4v) is 3.90. The van der Waals surface area contributed by atoms with Gasteiger partial charge in [-0.15, -0.1) is 13.2 Å². The van der Waals surface area contributed by atoms with Gasteiger partial charge in [-0.3, -0.25) is 0 Å². The molecule has 0 saturated heterocycles. The Balaban J connectivity index is 4.93. The third kappa shape index (κ3) is 3.09. The first kappa shape index (κ1) is 13.6. The molecule has 0 fully saturated rings. The summed E-state index contributed by atoms with van der Waals surface area (Å²) >= 11 is 0. The summed E-state index contributed by atoms with van der Waals surface area (Å²) in [6.45, 7) is 10.5. The second kappa shape index (κ2) is 5.50. The van der Waals surface area contributed by atoms with E-state index in [1.54, 1.807) is 0 Å². The summed E-state index contributed by atoms with van der Waals surface area (Å²) in [5.74, 6) is -2.17. The topological polar surface area (TPSA) is 57.5 Å². The third-order valence-electron chi connectivity index (χ3n) is 1.97. The Bertz CT molecular complexity index is 230. The summed E-state index contributed by atoms with van der Waals surface area (Å²) in [6.07, 6.45) is 2.69. The lowest BCUT2D eigenvalue weighted by Gasteiger charge is -2.26. The van der Waals surface area contributed by atoms with Crippen molar-refractivity contribution in [1.82, 2.24) is 0 Å². The second-order valence-electron chi connectivity index (χ2n) is 3.73. The van der Waals surface area contributed by atoms with Crippen molar-refractivity contribution in [2.75, 3.05) is 6.16 Å². The minimum absolute atomic E-state index is 0.144. The van der Waals surface area contributed by atoms with Crippen LogP contribution in [0.1, 0.15) is 13.8 Å². The molecule has 0 saturated carbocycles. The first-order valence-corrected chi connectivity index (χ1v) is 6.61. The van der Waals surface area contributed by atoms with Gasteiger partial charge < -0.3 is 14.8 Å². The van der Waals surface area contributed by atoms with Gasteiger partial charge in [-0.1, -0.05) is 26.0 Å². The molecule has 14 heavy (non-hydrogen) atoms. The summed E-state index contributed by atoms with van der Waals surface area (Å²) in [6, 6.07) is 0. The Labute approximate surface area is 85.5 Å². The van der Waals surface area contributed by atoms with Crippen LogP contribution in [0.3, 0.4) is 0 Å². The van der Waals surface area contributed by atoms with Gasteiger partial charge in [0.1, 0.15) is 18.8 Å². The van der Waals surface area contributed by atoms with Gasteiger partial charge in [0.05, 0.1) is 0 Å². The largest absolute Gasteiger partial charge is 0.381 e. The summed E-state index contributed by atoms with van der Waals surface area (Å²) < 4.78 is 12.2. The summed E-state index contributed by atoms with van der Waals surface area (Å²) in [5, 5.41) is 19.1. The molecule has 2 N–H and O–H groups in total. The van der Waals surface area contributed by atoms with Gasteiger partial charge in [-0.05, 0) is 5.92 Å². The lowest BCUT2D eigenvalue weighted by molar-refractivity contribution is 0.253. The quantitative estimate of drug-likeness (QED) is 0.529. The zero-order chi connectivity index (χ0) is 11.4. The molecule has 0 bridgehead atoms. The van der Waals surface area contributed by atoms with E-state index >= 15 is 0 Å². The molecule has 82 valence electrons. The predicted molar refractivity (Wildman–Crippen MR) is 59.7 cm³/mol. The van der Waals surface area contributed by atoms with Gasteiger partial charge in [0, 0.05) is 6.16 Å². The van der Waals surface area contributed by atoms with Crippen LogP contribution in [0.15, 0.2) is 25.3 Å². The van der Waals surface area contributed by atoms with Gasteiger partial charge in [0.2, 0.25) is 0 Å². The lowest BCUT2D eigenvalue weighted by Crippen LogP contribution is -2.19. The van der Waals surface area contributed by atoms with Gasteiger partial charge in [0.15, 0.2) is 0 Å². The second-order valence-corrected chi connectivity index (χ2v) is 6.86. The SMILES string of the molecule is C=CC(O)P(=O)(CC(C)C)C(O)C=C. The van der Waals surface area contributed by atoms with Gasteiger partial charge >= 0.3 is 0 Å². The Morgan fingerprint density at radius 2 is 1.57 bits per heavy atom. The molecule has 0 spiro atoms. The fourth-order valence-electron chi connectivity index (χ4n) is 1.30. The minimum atomic E-state index is -3.08. The predicted octanol–water partition coefficient (Wildman–Crippen LogP) is 2.01. The fraction of sp³-hybridized carbons (Fsp3) is 0.600. The van der Waals surface area contributed by atoms with E-state index in [0.29, 0.717) is 0 Å². The normalized spacial score (nSPS) is 19.8. The van der Waals surface area contributed by atoms with Crippen LogP contribution in [0.25, 0.3) is 0 Å². The Morgan fingerprint density at radius 3 is 1.79 bits per heavy atom. The zero-order valence-corrected chi connectivity index (χ0v) is 9.65. The molecule has 0 amide bonds. The molecule has 0 radical (unpaired) electrons. The van der Waals surface area contributed by atoms with Crippen molar-refractivity contribution in [3.05, 3.63) is 25.3 Å². The van der Waals surface area contributed by atoms with Crippen molar-refractivity contribution >= 4 is 7.14 Å². The average Bonchev–Trinajstić information content (AvgIpc) is 2.13. The van der Waals surface area contributed by atoms with E-state index in [-0.39, 0.29) is 12.1 Å². The Morgan fingerprint density at radius 1 is 1.21 bits per heavy atom. The van der Waals surface area contributed by atoms with E-state index in [1.807, 2.05) is 13.8 Å². The highest BCUT2D eigenvalue weighted by Crippen LogP contribution is 2.55. The van der Waals surface area contributed by atoms with Gasteiger partial charge in [-0.25, -0.2) is 0 Å². The van der Waals surface area contributed by atoms with E-state index in [9.17, 15) is 14.8 Å². The summed E-state index contributed by atoms with van der Waals surface area (Å²) in [4.78, 5) is 0. The van der Waals surface area contributed by atoms with Crippen molar-refractivity contribution in [2.24, 2.45) is 5.92 Å². The molecular formula is C10H19O3P. The van der Waals surface area contributed by atoms with Crippen molar-refractivity contribution in [2.45, 2.75) is 25.5 Å². The highest BCUT2D eigenvalue weighted by atomic mass is 31.2. The number of hydrogen-bond acceptors (Lipinski definition) is 3. The molecule has 0 aliphatic rings. The standard InChI is InChI=1S/C10H19O3P/c1-5-9(11)14(13,7-8(3)4)10(12)6-2/h5-6,8-12H,1-2,7H2,3-4H3. The minimum Gasteiger partial charge on any atom is -0.381 e. The molecular weight excluding hydrogens is 199 g/mol. The molecule has 2 unspecified atom stereocenters. The molecule has 0 rings (SSSR count). The molecule has 3 nitrogen and oxygen atoms in total. The van der Waals surface area contributed by atoms with Crippen molar-refractivity contribution in [1.29, 1.82) is 0 Å². The zero-order valence-electron chi connectivity index (χ0n) is 8.76. The monoisotopic (exact) mass is 218 g/mol. The van der Waals surface area contributed by atoms with Crippen LogP contribution in [0.4, 0.5) is 0 Å². The Hall–Kier alpha value is -0.370. The van der Waals surface area contributed by atoms with E-state index in [0.717, 1.165) is 0 Å². The molecule has 2 atom stereocenters. The van der Waals surface area contributed by atoms with Crippen molar-refractivity contribution in [3.63, 3.8) is 0 Å². The van der Waals surface area contributed by atoms with Crippen LogP contribution in [0.2, 0.25) is 0 Å². The number of aliphatic hydroxyl groups is 2. The molecule has 0 aliphatic carbocycles. The molecule has 0 aromatic rings. The van der Waals surface area contributed by atoms with E-state index in [4.69, 9.17) is 0 Å². The van der Waals surface area contributed by atoms with E-state index in [2.05, 4.69) is 13.2 Å². The third-order valence-corrected chi connectivity index (χ3v) is 5.48. The summed E-state index contributed by atoms with van der Waals surface area (Å²) in [7, 11) is -3.08. The van der Waals surface area contributed by atoms with Crippen LogP contribution in [0, 0.1) is 5.92 Å². The van der Waals surface area contributed by atoms with Gasteiger partial charge in [-0.2, -0.15) is 0 Å². The van der Waals surface area contributed by atoms with Crippen LogP contribution < -0.4 is 0 Å². The number of hydrogen-bond donors (Lipinski definition) is 2. The van der Waals surface area contributed by atoms with Gasteiger partial charge in [0.25, 0.3) is 0 Å². The maximum Gasteiger partial charge on any atom is 0.149 e. The molecule has 0 heterocycles. The van der Waals surface area contributed by atoms with Crippen LogP contribution >= 0.6 is 7.14 Å². The molecule has 4 heteroatoms. The highest BCUT2D eigenvalue weighted by molar-refractivity contribution is 7.65. The summed E-state index contributed by atoms with van der Waals surface area (Å²) in [5.41, 5.74) is 0. The smallest absolute Gasteiger partial charge is 0.149 e. The molecule has 0 aromatic heterocycles. The van der Waals surface area contributed by atoms with Crippen LogP contribution in [0.5, 0.6) is 0 Å². The maximum atomic E-state index is 12.2. The van der Waals surface area contributed by atoms with Crippen molar-refractivity contribution < 1.29 is 14.8 Å². The van der Waals surface area contributed by atoms with E-state index < -0.39 is 18.8 Å².